The van der Waals surface area contributed by atoms with Gasteiger partial charge in [-0.3, -0.25) is 15.3 Å². The predicted octanol–water partition coefficient (Wildman–Crippen LogP) is 0.712. The zero-order chi connectivity index (χ0) is 13.7. The van der Waals surface area contributed by atoms with Crippen molar-refractivity contribution in [1.29, 1.82) is 0 Å². The van der Waals surface area contributed by atoms with Crippen molar-refractivity contribution in [2.24, 2.45) is 5.84 Å². The summed E-state index contributed by atoms with van der Waals surface area (Å²) in [7, 11) is 0. The molecule has 1 aromatic heterocycles. The van der Waals surface area contributed by atoms with Gasteiger partial charge in [0, 0.05) is 10.2 Å². The van der Waals surface area contributed by atoms with E-state index in [1.807, 2.05) is 29.7 Å². The molecule has 0 aliphatic heterocycles. The van der Waals surface area contributed by atoms with Gasteiger partial charge in [-0.05, 0) is 24.3 Å². The number of nitrogens with zero attached hydrogens (tertiary/aromatic N) is 2. The molecular weight excluding hydrogens is 312 g/mol. The second-order valence-electron chi connectivity index (χ2n) is 3.80. The van der Waals surface area contributed by atoms with Gasteiger partial charge in [-0.15, -0.1) is 0 Å². The molecule has 2 rings (SSSR count). The number of benzene rings is 1. The first kappa shape index (κ1) is 13.5. The maximum Gasteiger partial charge on any atom is 0.241 e. The first-order valence-electron chi connectivity index (χ1n) is 5.56. The Morgan fingerprint density at radius 2 is 2.11 bits per heavy atom. The largest absolute Gasteiger partial charge is 0.378 e. The summed E-state index contributed by atoms with van der Waals surface area (Å²) in [6, 6.07) is 7.78. The van der Waals surface area contributed by atoms with Gasteiger partial charge in [-0.25, -0.2) is 10.8 Å². The molecule has 1 heterocycles. The highest BCUT2D eigenvalue weighted by Gasteiger charge is 2.07. The van der Waals surface area contributed by atoms with Crippen molar-refractivity contribution in [3.05, 3.63) is 40.4 Å². The molecule has 0 aliphatic rings. The Labute approximate surface area is 118 Å². The molecule has 0 atom stereocenters. The Morgan fingerprint density at radius 3 is 2.79 bits per heavy atom. The molecule has 0 fully saturated rings. The Kier molecular flexibility index (Phi) is 4.48. The van der Waals surface area contributed by atoms with E-state index < -0.39 is 0 Å². The molecule has 1 aromatic carbocycles. The number of carbonyl (C=O) groups excluding carboxylic acids is 1. The van der Waals surface area contributed by atoms with Crippen molar-refractivity contribution in [3.63, 3.8) is 0 Å². The fraction of sp³-hybridized carbons (Fsp3) is 0.182. The van der Waals surface area contributed by atoms with Crippen LogP contribution in [0.2, 0.25) is 0 Å². The third-order valence-corrected chi connectivity index (χ3v) is 2.89. The van der Waals surface area contributed by atoms with Crippen LogP contribution in [0.25, 0.3) is 0 Å². The number of hydrogen-bond donors (Lipinski definition) is 4. The fourth-order valence-electron chi connectivity index (χ4n) is 1.44. The Bertz CT molecular complexity index is 553. The summed E-state index contributed by atoms with van der Waals surface area (Å²) in [5, 5.41) is 9.88. The maximum absolute atomic E-state index is 11.1. The molecule has 1 amide bonds. The minimum atomic E-state index is -0.327. The summed E-state index contributed by atoms with van der Waals surface area (Å²) in [5.74, 6) is 5.73. The summed E-state index contributed by atoms with van der Waals surface area (Å²) in [5.41, 5.74) is 3.01. The van der Waals surface area contributed by atoms with Crippen molar-refractivity contribution in [1.82, 2.24) is 20.6 Å². The van der Waals surface area contributed by atoms with Crippen LogP contribution in [0, 0.1) is 0 Å². The first-order chi connectivity index (χ1) is 9.17. The van der Waals surface area contributed by atoms with Crippen LogP contribution in [-0.2, 0) is 17.8 Å². The monoisotopic (exact) mass is 324 g/mol. The highest BCUT2D eigenvalue weighted by atomic mass is 79.9. The Balaban J connectivity index is 1.89. The van der Waals surface area contributed by atoms with Crippen molar-refractivity contribution in [2.45, 2.75) is 13.0 Å². The fourth-order valence-corrected chi connectivity index (χ4v) is 1.71. The number of nitrogens with one attached hydrogen (secondary N) is 3. The third-order valence-electron chi connectivity index (χ3n) is 2.36. The van der Waals surface area contributed by atoms with Crippen LogP contribution in [0.4, 0.5) is 5.69 Å². The molecule has 0 saturated carbocycles. The van der Waals surface area contributed by atoms with E-state index in [9.17, 15) is 4.79 Å². The van der Waals surface area contributed by atoms with E-state index >= 15 is 0 Å². The van der Waals surface area contributed by atoms with Gasteiger partial charge in [0.2, 0.25) is 5.91 Å². The number of halogens is 1. The normalized spacial score (nSPS) is 10.2. The average molecular weight is 325 g/mol. The van der Waals surface area contributed by atoms with Crippen LogP contribution in [0.1, 0.15) is 11.6 Å². The first-order valence-corrected chi connectivity index (χ1v) is 6.35. The molecule has 0 radical (unpaired) electrons. The number of anilines is 1. The second kappa shape index (κ2) is 6.30. The third kappa shape index (κ3) is 4.04. The average Bonchev–Trinajstić information content (AvgIpc) is 2.85. The molecule has 7 nitrogen and oxygen atoms in total. The molecule has 8 heteroatoms. The van der Waals surface area contributed by atoms with Gasteiger partial charge in [0.25, 0.3) is 0 Å². The molecule has 2 aromatic rings. The number of rotatable bonds is 5. The highest BCUT2D eigenvalue weighted by Crippen LogP contribution is 2.14. The zero-order valence-electron chi connectivity index (χ0n) is 9.98. The van der Waals surface area contributed by atoms with Crippen LogP contribution in [-0.4, -0.2) is 21.1 Å². The van der Waals surface area contributed by atoms with E-state index in [0.29, 0.717) is 18.2 Å². The van der Waals surface area contributed by atoms with Crippen molar-refractivity contribution >= 4 is 27.5 Å². The van der Waals surface area contributed by atoms with Gasteiger partial charge in [-0.1, -0.05) is 15.9 Å². The smallest absolute Gasteiger partial charge is 0.241 e. The van der Waals surface area contributed by atoms with Gasteiger partial charge < -0.3 is 5.32 Å². The standard InChI is InChI=1S/C11H13BrN6O/c12-7-1-3-8(4-2-7)14-6-10-15-9(17-18-10)5-11(19)16-13/h1-4,14H,5-6,13H2,(H,16,19)(H,15,17,18). The number of amides is 1. The van der Waals surface area contributed by atoms with Crippen LogP contribution < -0.4 is 16.6 Å². The lowest BCUT2D eigenvalue weighted by Crippen LogP contribution is -2.31. The number of aromatic amines is 1. The van der Waals surface area contributed by atoms with E-state index in [1.165, 1.54) is 0 Å². The van der Waals surface area contributed by atoms with Crippen molar-refractivity contribution < 1.29 is 4.79 Å². The number of H-pyrrole nitrogens is 1. The topological polar surface area (TPSA) is 109 Å². The van der Waals surface area contributed by atoms with Gasteiger partial charge in [0.05, 0.1) is 13.0 Å². The molecular formula is C11H13BrN6O. The number of carbonyl (C=O) groups is 1. The summed E-state index contributed by atoms with van der Waals surface area (Å²) < 4.78 is 1.02. The molecule has 100 valence electrons. The van der Waals surface area contributed by atoms with Crippen LogP contribution in [0.15, 0.2) is 28.7 Å². The molecule has 0 aliphatic carbocycles. The highest BCUT2D eigenvalue weighted by molar-refractivity contribution is 9.10. The van der Waals surface area contributed by atoms with Crippen LogP contribution in [0.3, 0.4) is 0 Å². The number of hydrazine groups is 1. The molecule has 0 saturated heterocycles. The van der Waals surface area contributed by atoms with Gasteiger partial charge in [0.1, 0.15) is 5.82 Å². The van der Waals surface area contributed by atoms with E-state index in [-0.39, 0.29) is 12.3 Å². The lowest BCUT2D eigenvalue weighted by molar-refractivity contribution is -0.120. The molecule has 5 N–H and O–H groups in total. The lowest BCUT2D eigenvalue weighted by atomic mass is 10.3. The number of nitrogens with two attached hydrogens (primary N) is 1. The molecule has 19 heavy (non-hydrogen) atoms. The van der Waals surface area contributed by atoms with Crippen LogP contribution in [0.5, 0.6) is 0 Å². The van der Waals surface area contributed by atoms with Crippen LogP contribution >= 0.6 is 15.9 Å². The van der Waals surface area contributed by atoms with Gasteiger partial charge in [0.15, 0.2) is 5.82 Å². The minimum Gasteiger partial charge on any atom is -0.378 e. The Hall–Kier alpha value is -1.93. The van der Waals surface area contributed by atoms with E-state index in [4.69, 9.17) is 5.84 Å². The zero-order valence-corrected chi connectivity index (χ0v) is 11.6. The van der Waals surface area contributed by atoms with E-state index in [1.54, 1.807) is 0 Å². The Morgan fingerprint density at radius 1 is 1.37 bits per heavy atom. The maximum atomic E-state index is 11.1. The van der Waals surface area contributed by atoms with Gasteiger partial charge >= 0.3 is 0 Å². The number of aromatic nitrogens is 3. The van der Waals surface area contributed by atoms with Crippen molar-refractivity contribution in [3.8, 4) is 0 Å². The summed E-state index contributed by atoms with van der Waals surface area (Å²) in [6.45, 7) is 0.499. The summed E-state index contributed by atoms with van der Waals surface area (Å²) >= 11 is 3.37. The predicted molar refractivity (Wildman–Crippen MR) is 73.9 cm³/mol. The molecule has 0 spiro atoms. The number of hydrogen-bond acceptors (Lipinski definition) is 5. The second-order valence-corrected chi connectivity index (χ2v) is 4.72. The SMILES string of the molecule is NNC(=O)Cc1n[nH]c(CNc2ccc(Br)cc2)n1. The van der Waals surface area contributed by atoms with Crippen molar-refractivity contribution in [2.75, 3.05) is 5.32 Å². The van der Waals surface area contributed by atoms with Gasteiger partial charge in [-0.2, -0.15) is 5.10 Å². The minimum absolute atomic E-state index is 0.0608. The summed E-state index contributed by atoms with van der Waals surface area (Å²) in [6.07, 6.45) is 0.0608. The quantitative estimate of drug-likeness (QED) is 0.368. The van der Waals surface area contributed by atoms with E-state index in [0.717, 1.165) is 10.2 Å². The lowest BCUT2D eigenvalue weighted by Gasteiger charge is -2.03. The molecule has 0 bridgehead atoms. The van der Waals surface area contributed by atoms with E-state index in [2.05, 4.69) is 36.4 Å². The molecule has 0 unspecified atom stereocenters. The summed E-state index contributed by atoms with van der Waals surface area (Å²) in [4.78, 5) is 15.2.